The minimum atomic E-state index is -0.185. The van der Waals surface area contributed by atoms with Gasteiger partial charge < -0.3 is 0 Å². The van der Waals surface area contributed by atoms with Crippen molar-refractivity contribution in [2.45, 2.75) is 13.0 Å². The molecule has 0 amide bonds. The van der Waals surface area contributed by atoms with Crippen LogP contribution < -0.4 is 5.90 Å². The Kier molecular flexibility index (Phi) is 3.53. The molecule has 4 heteroatoms. The molecule has 66 valence electrons. The normalized spacial score (nSPS) is 13.0. The van der Waals surface area contributed by atoms with Crippen LogP contribution in [-0.4, -0.2) is 0 Å². The minimum absolute atomic E-state index is 0.185. The summed E-state index contributed by atoms with van der Waals surface area (Å²) in [7, 11) is 0. The highest BCUT2D eigenvalue weighted by atomic mass is 79.9. The predicted octanol–water partition coefficient (Wildman–Crippen LogP) is 3.05. The Bertz CT molecular complexity index is 280. The van der Waals surface area contributed by atoms with Gasteiger partial charge in [0.1, 0.15) is 6.10 Å². The van der Waals surface area contributed by atoms with E-state index in [-0.39, 0.29) is 6.10 Å². The predicted molar refractivity (Wildman–Crippen MR) is 52.8 cm³/mol. The van der Waals surface area contributed by atoms with Crippen molar-refractivity contribution >= 4 is 27.5 Å². The molecule has 0 fully saturated rings. The van der Waals surface area contributed by atoms with Crippen molar-refractivity contribution in [2.24, 2.45) is 5.90 Å². The zero-order chi connectivity index (χ0) is 9.14. The van der Waals surface area contributed by atoms with Gasteiger partial charge in [-0.25, -0.2) is 5.90 Å². The Morgan fingerprint density at radius 1 is 1.58 bits per heavy atom. The van der Waals surface area contributed by atoms with Gasteiger partial charge in [-0.15, -0.1) is 0 Å². The highest BCUT2D eigenvalue weighted by Crippen LogP contribution is 2.27. The summed E-state index contributed by atoms with van der Waals surface area (Å²) in [6, 6.07) is 5.56. The monoisotopic (exact) mass is 249 g/mol. The number of hydrogen-bond acceptors (Lipinski definition) is 2. The van der Waals surface area contributed by atoms with Gasteiger partial charge in [-0.05, 0) is 25.1 Å². The zero-order valence-electron chi connectivity index (χ0n) is 6.55. The Hall–Kier alpha value is -0.0900. The maximum Gasteiger partial charge on any atom is 0.102 e. The lowest BCUT2D eigenvalue weighted by Gasteiger charge is -2.10. The fourth-order valence-corrected chi connectivity index (χ4v) is 1.55. The molecule has 0 spiro atoms. The molecule has 0 aliphatic carbocycles. The third kappa shape index (κ3) is 2.20. The van der Waals surface area contributed by atoms with Crippen LogP contribution in [0.4, 0.5) is 0 Å². The zero-order valence-corrected chi connectivity index (χ0v) is 8.89. The van der Waals surface area contributed by atoms with Crippen molar-refractivity contribution in [3.8, 4) is 0 Å². The first-order chi connectivity index (χ1) is 5.65. The summed E-state index contributed by atoms with van der Waals surface area (Å²) in [5.74, 6) is 5.05. The SMILES string of the molecule is CC(ON)c1cc(Br)ccc1Cl. The molecule has 2 nitrogen and oxygen atoms in total. The van der Waals surface area contributed by atoms with E-state index in [0.717, 1.165) is 10.0 Å². The second-order valence-corrected chi connectivity index (χ2v) is 3.77. The van der Waals surface area contributed by atoms with Gasteiger partial charge in [0, 0.05) is 15.1 Å². The summed E-state index contributed by atoms with van der Waals surface area (Å²) in [4.78, 5) is 4.67. The van der Waals surface area contributed by atoms with Crippen molar-refractivity contribution in [3.05, 3.63) is 33.3 Å². The summed E-state index contributed by atoms with van der Waals surface area (Å²) >= 11 is 9.25. The second-order valence-electron chi connectivity index (χ2n) is 2.44. The van der Waals surface area contributed by atoms with Crippen LogP contribution in [0.15, 0.2) is 22.7 Å². The largest absolute Gasteiger partial charge is 0.297 e. The van der Waals surface area contributed by atoms with Gasteiger partial charge in [-0.1, -0.05) is 27.5 Å². The molecule has 12 heavy (non-hydrogen) atoms. The summed E-state index contributed by atoms with van der Waals surface area (Å²) in [5, 5.41) is 0.663. The van der Waals surface area contributed by atoms with Crippen molar-refractivity contribution in [1.82, 2.24) is 0 Å². The standard InChI is InChI=1S/C8H9BrClNO/c1-5(12-11)7-4-6(9)2-3-8(7)10/h2-5H,11H2,1H3. The van der Waals surface area contributed by atoms with E-state index < -0.39 is 0 Å². The van der Waals surface area contributed by atoms with Crippen LogP contribution in [0, 0.1) is 0 Å². The van der Waals surface area contributed by atoms with E-state index in [9.17, 15) is 0 Å². The number of halogens is 2. The fourth-order valence-electron chi connectivity index (χ4n) is 0.899. The number of rotatable bonds is 2. The molecule has 1 aromatic rings. The van der Waals surface area contributed by atoms with Crippen LogP contribution in [0.1, 0.15) is 18.6 Å². The van der Waals surface area contributed by atoms with Crippen molar-refractivity contribution in [2.75, 3.05) is 0 Å². The molecule has 0 saturated heterocycles. The molecular formula is C8H9BrClNO. The van der Waals surface area contributed by atoms with E-state index >= 15 is 0 Å². The summed E-state index contributed by atoms with van der Waals surface area (Å²) in [6.45, 7) is 1.84. The first-order valence-electron chi connectivity index (χ1n) is 3.45. The fraction of sp³-hybridized carbons (Fsp3) is 0.250. The lowest BCUT2D eigenvalue weighted by molar-refractivity contribution is 0.0664. The average Bonchev–Trinajstić information content (AvgIpc) is 2.08. The molecule has 0 radical (unpaired) electrons. The van der Waals surface area contributed by atoms with Gasteiger partial charge in [0.15, 0.2) is 0 Å². The minimum Gasteiger partial charge on any atom is -0.297 e. The lowest BCUT2D eigenvalue weighted by Crippen LogP contribution is -2.05. The molecule has 2 N–H and O–H groups in total. The van der Waals surface area contributed by atoms with Crippen molar-refractivity contribution in [3.63, 3.8) is 0 Å². The van der Waals surface area contributed by atoms with Crippen LogP contribution in [-0.2, 0) is 4.84 Å². The topological polar surface area (TPSA) is 35.2 Å². The Labute approximate surface area is 84.7 Å². The first-order valence-corrected chi connectivity index (χ1v) is 4.62. The maximum absolute atomic E-state index is 5.91. The van der Waals surface area contributed by atoms with Gasteiger partial charge in [0.05, 0.1) is 0 Å². The second kappa shape index (κ2) is 4.23. The summed E-state index contributed by atoms with van der Waals surface area (Å²) in [5.41, 5.74) is 0.883. The third-order valence-electron chi connectivity index (χ3n) is 1.60. The van der Waals surface area contributed by atoms with Gasteiger partial charge in [0.25, 0.3) is 0 Å². The van der Waals surface area contributed by atoms with Crippen LogP contribution in [0.25, 0.3) is 0 Å². The summed E-state index contributed by atoms with van der Waals surface area (Å²) in [6.07, 6.45) is -0.185. The lowest BCUT2D eigenvalue weighted by atomic mass is 10.1. The van der Waals surface area contributed by atoms with Gasteiger partial charge in [-0.2, -0.15) is 0 Å². The van der Waals surface area contributed by atoms with Crippen LogP contribution >= 0.6 is 27.5 Å². The molecule has 0 heterocycles. The Balaban J connectivity index is 3.04. The van der Waals surface area contributed by atoms with Gasteiger partial charge >= 0.3 is 0 Å². The Morgan fingerprint density at radius 2 is 2.25 bits per heavy atom. The highest BCUT2D eigenvalue weighted by molar-refractivity contribution is 9.10. The van der Waals surface area contributed by atoms with E-state index in [1.165, 1.54) is 0 Å². The molecule has 1 rings (SSSR count). The number of hydrogen-bond donors (Lipinski definition) is 1. The van der Waals surface area contributed by atoms with E-state index in [2.05, 4.69) is 20.8 Å². The quantitative estimate of drug-likeness (QED) is 0.819. The number of nitrogens with two attached hydrogens (primary N) is 1. The number of benzene rings is 1. The molecule has 1 aromatic carbocycles. The van der Waals surface area contributed by atoms with Crippen LogP contribution in [0.2, 0.25) is 5.02 Å². The molecule has 0 bridgehead atoms. The molecule has 0 aliphatic rings. The maximum atomic E-state index is 5.91. The van der Waals surface area contributed by atoms with Crippen molar-refractivity contribution < 1.29 is 4.84 Å². The van der Waals surface area contributed by atoms with E-state index in [1.54, 1.807) is 6.07 Å². The summed E-state index contributed by atoms with van der Waals surface area (Å²) < 4.78 is 0.964. The molecule has 1 atom stereocenters. The average molecular weight is 251 g/mol. The van der Waals surface area contributed by atoms with Gasteiger partial charge in [-0.3, -0.25) is 4.84 Å². The molecule has 0 aliphatic heterocycles. The molecular weight excluding hydrogens is 241 g/mol. The highest BCUT2D eigenvalue weighted by Gasteiger charge is 2.08. The third-order valence-corrected chi connectivity index (χ3v) is 2.44. The first kappa shape index (κ1) is 9.99. The van der Waals surface area contributed by atoms with E-state index in [4.69, 9.17) is 17.5 Å². The molecule has 0 aromatic heterocycles. The van der Waals surface area contributed by atoms with E-state index in [1.807, 2.05) is 19.1 Å². The molecule has 1 unspecified atom stereocenters. The van der Waals surface area contributed by atoms with Gasteiger partial charge in [0.2, 0.25) is 0 Å². The molecule has 0 saturated carbocycles. The van der Waals surface area contributed by atoms with E-state index in [0.29, 0.717) is 5.02 Å². The van der Waals surface area contributed by atoms with Crippen LogP contribution in [0.3, 0.4) is 0 Å². The van der Waals surface area contributed by atoms with Crippen LogP contribution in [0.5, 0.6) is 0 Å². The Morgan fingerprint density at radius 3 is 2.83 bits per heavy atom. The smallest absolute Gasteiger partial charge is 0.102 e. The van der Waals surface area contributed by atoms with Crippen molar-refractivity contribution in [1.29, 1.82) is 0 Å².